The van der Waals surface area contributed by atoms with Crippen LogP contribution in [-0.4, -0.2) is 51.3 Å². The number of methoxy groups -OCH3 is 1. The van der Waals surface area contributed by atoms with Crippen molar-refractivity contribution in [2.45, 2.75) is 36.5 Å². The van der Waals surface area contributed by atoms with Crippen molar-refractivity contribution in [1.82, 2.24) is 4.72 Å². The van der Waals surface area contributed by atoms with E-state index in [-0.39, 0.29) is 21.6 Å². The fourth-order valence-corrected chi connectivity index (χ4v) is 6.78. The van der Waals surface area contributed by atoms with E-state index in [1.807, 2.05) is 60.7 Å². The van der Waals surface area contributed by atoms with Gasteiger partial charge in [-0.3, -0.25) is 4.79 Å². The topological polar surface area (TPSA) is 117 Å². The van der Waals surface area contributed by atoms with Crippen LogP contribution in [0.5, 0.6) is 11.5 Å². The molecule has 0 aliphatic carbocycles. The zero-order valence-electron chi connectivity index (χ0n) is 24.5. The molecule has 1 aliphatic heterocycles. The molecule has 0 spiro atoms. The van der Waals surface area contributed by atoms with Crippen LogP contribution in [0.25, 0.3) is 0 Å². The number of ether oxygens (including phenoxy) is 2. The van der Waals surface area contributed by atoms with E-state index in [0.29, 0.717) is 35.7 Å². The second-order valence-corrected chi connectivity index (χ2v) is 13.0. The van der Waals surface area contributed by atoms with Crippen LogP contribution in [0.3, 0.4) is 0 Å². The molecular weight excluding hydrogens is 602 g/mol. The van der Waals surface area contributed by atoms with Gasteiger partial charge in [-0.05, 0) is 74.5 Å². The summed E-state index contributed by atoms with van der Waals surface area (Å²) in [4.78, 5) is 15.5. The molecule has 5 rings (SSSR count). The molecule has 9 nitrogen and oxygen atoms in total. The number of aliphatic hydroxyl groups is 1. The fourth-order valence-electron chi connectivity index (χ4n) is 5.13. The van der Waals surface area contributed by atoms with Gasteiger partial charge in [0.15, 0.2) is 0 Å². The second kappa shape index (κ2) is 12.9. The summed E-state index contributed by atoms with van der Waals surface area (Å²) in [5.41, 5.74) is 1.10. The summed E-state index contributed by atoms with van der Waals surface area (Å²) in [6, 6.07) is 26.9. The molecule has 0 saturated heterocycles. The lowest BCUT2D eigenvalue weighted by Crippen LogP contribution is -2.53. The summed E-state index contributed by atoms with van der Waals surface area (Å²) in [6.07, 6.45) is -1.30. The quantitative estimate of drug-likeness (QED) is 0.206. The van der Waals surface area contributed by atoms with Gasteiger partial charge < -0.3 is 24.8 Å². The summed E-state index contributed by atoms with van der Waals surface area (Å²) in [5.74, 6) is 0.139. The molecule has 0 fully saturated rings. The minimum absolute atomic E-state index is 0.0921. The van der Waals surface area contributed by atoms with Crippen LogP contribution < -0.4 is 24.4 Å². The van der Waals surface area contributed by atoms with Gasteiger partial charge in [-0.1, -0.05) is 48.0 Å². The molecule has 0 unspecified atom stereocenters. The third-order valence-electron chi connectivity index (χ3n) is 7.44. The van der Waals surface area contributed by atoms with Gasteiger partial charge in [0.2, 0.25) is 10.0 Å². The SMILES string of the molecule is COc1ccc(Cl)cc1S(=O)(=O)N[C@@H]1c2cc(C(=O)N(CCNc3ccccc3)c3ccccc3)ccc2OC(C)(C)[C@H]1O. The number of aliphatic hydroxyl groups excluding tert-OH is 1. The second-order valence-electron chi connectivity index (χ2n) is 10.9. The van der Waals surface area contributed by atoms with Crippen LogP contribution in [0.1, 0.15) is 35.8 Å². The molecule has 4 aromatic carbocycles. The zero-order valence-corrected chi connectivity index (χ0v) is 26.1. The smallest absolute Gasteiger partial charge is 0.258 e. The number of rotatable bonds is 10. The highest BCUT2D eigenvalue weighted by Gasteiger charge is 2.45. The van der Waals surface area contributed by atoms with Gasteiger partial charge in [0, 0.05) is 40.6 Å². The predicted octanol–water partition coefficient (Wildman–Crippen LogP) is 5.66. The van der Waals surface area contributed by atoms with E-state index >= 15 is 0 Å². The highest BCUT2D eigenvalue weighted by molar-refractivity contribution is 7.89. The van der Waals surface area contributed by atoms with E-state index < -0.39 is 27.8 Å². The van der Waals surface area contributed by atoms with Crippen molar-refractivity contribution in [1.29, 1.82) is 0 Å². The number of hydrogen-bond donors (Lipinski definition) is 3. The van der Waals surface area contributed by atoms with Crippen molar-refractivity contribution in [3.05, 3.63) is 113 Å². The van der Waals surface area contributed by atoms with Gasteiger partial charge in [0.1, 0.15) is 28.1 Å². The van der Waals surface area contributed by atoms with Crippen molar-refractivity contribution in [2.75, 3.05) is 30.4 Å². The molecule has 1 heterocycles. The van der Waals surface area contributed by atoms with Crippen molar-refractivity contribution in [2.24, 2.45) is 0 Å². The Labute approximate surface area is 262 Å². The van der Waals surface area contributed by atoms with Crippen LogP contribution >= 0.6 is 11.6 Å². The highest BCUT2D eigenvalue weighted by Crippen LogP contribution is 2.42. The van der Waals surface area contributed by atoms with Gasteiger partial charge >= 0.3 is 0 Å². The first-order valence-electron chi connectivity index (χ1n) is 14.0. The highest BCUT2D eigenvalue weighted by atomic mass is 35.5. The number of nitrogens with one attached hydrogen (secondary N) is 2. The summed E-state index contributed by atoms with van der Waals surface area (Å²) in [7, 11) is -2.90. The zero-order chi connectivity index (χ0) is 31.5. The lowest BCUT2D eigenvalue weighted by atomic mass is 9.86. The average molecular weight is 636 g/mol. The number of para-hydroxylation sites is 2. The lowest BCUT2D eigenvalue weighted by molar-refractivity contribution is -0.0603. The van der Waals surface area contributed by atoms with Crippen molar-refractivity contribution in [3.63, 3.8) is 0 Å². The van der Waals surface area contributed by atoms with Gasteiger partial charge in [0.05, 0.1) is 13.2 Å². The summed E-state index contributed by atoms with van der Waals surface area (Å²) in [5, 5.41) is 14.9. The maximum Gasteiger partial charge on any atom is 0.258 e. The van der Waals surface area contributed by atoms with E-state index in [4.69, 9.17) is 21.1 Å². The number of hydrogen-bond acceptors (Lipinski definition) is 7. The number of carbonyl (C=O) groups is 1. The minimum Gasteiger partial charge on any atom is -0.495 e. The van der Waals surface area contributed by atoms with Crippen molar-refractivity contribution >= 4 is 38.9 Å². The molecular formula is C33H34ClN3O6S. The molecule has 44 heavy (non-hydrogen) atoms. The number of halogens is 1. The molecule has 1 amide bonds. The molecule has 0 aromatic heterocycles. The maximum absolute atomic E-state index is 14.0. The molecule has 4 aromatic rings. The molecule has 11 heteroatoms. The lowest BCUT2D eigenvalue weighted by Gasteiger charge is -2.42. The fraction of sp³-hybridized carbons (Fsp3) is 0.242. The first-order valence-corrected chi connectivity index (χ1v) is 15.9. The number of nitrogens with zero attached hydrogens (tertiary/aromatic N) is 1. The molecule has 3 N–H and O–H groups in total. The Balaban J connectivity index is 1.49. The summed E-state index contributed by atoms with van der Waals surface area (Å²) in [6.45, 7) is 4.16. The molecule has 230 valence electrons. The number of amides is 1. The van der Waals surface area contributed by atoms with Crippen LogP contribution in [0, 0.1) is 0 Å². The van der Waals surface area contributed by atoms with Gasteiger partial charge in [0.25, 0.3) is 5.91 Å². The predicted molar refractivity (Wildman–Crippen MR) is 171 cm³/mol. The average Bonchev–Trinajstić information content (AvgIpc) is 3.02. The number of anilines is 2. The summed E-state index contributed by atoms with van der Waals surface area (Å²) < 4.78 is 41.3. The Bertz CT molecular complexity index is 1740. The molecule has 0 radical (unpaired) electrons. The Kier molecular flexibility index (Phi) is 9.17. The van der Waals surface area contributed by atoms with E-state index in [9.17, 15) is 18.3 Å². The Morgan fingerprint density at radius 2 is 1.68 bits per heavy atom. The summed E-state index contributed by atoms with van der Waals surface area (Å²) >= 11 is 6.12. The molecule has 2 atom stereocenters. The number of sulfonamides is 1. The van der Waals surface area contributed by atoms with Crippen LogP contribution in [0.2, 0.25) is 5.02 Å². The molecule has 0 saturated carbocycles. The van der Waals surface area contributed by atoms with Crippen molar-refractivity contribution < 1.29 is 27.8 Å². The Morgan fingerprint density at radius 3 is 2.36 bits per heavy atom. The third-order valence-corrected chi connectivity index (χ3v) is 9.14. The van der Waals surface area contributed by atoms with Gasteiger partial charge in [-0.15, -0.1) is 0 Å². The van der Waals surface area contributed by atoms with E-state index in [1.54, 1.807) is 36.9 Å². The van der Waals surface area contributed by atoms with Gasteiger partial charge in [-0.25, -0.2) is 13.1 Å². The van der Waals surface area contributed by atoms with Crippen LogP contribution in [0.15, 0.2) is 102 Å². The van der Waals surface area contributed by atoms with Crippen molar-refractivity contribution in [3.8, 4) is 11.5 Å². The molecule has 0 bridgehead atoms. The van der Waals surface area contributed by atoms with E-state index in [2.05, 4.69) is 10.0 Å². The van der Waals surface area contributed by atoms with Crippen LogP contribution in [-0.2, 0) is 10.0 Å². The number of benzene rings is 4. The molecule has 1 aliphatic rings. The monoisotopic (exact) mass is 635 g/mol. The van der Waals surface area contributed by atoms with E-state index in [0.717, 1.165) is 5.69 Å². The Hall–Kier alpha value is -4.09. The number of fused-ring (bicyclic) bond motifs is 1. The van der Waals surface area contributed by atoms with Gasteiger partial charge in [-0.2, -0.15) is 0 Å². The largest absolute Gasteiger partial charge is 0.495 e. The standard InChI is InChI=1S/C33H34ClN3O6S/c1-33(2)31(38)30(36-44(40,41)29-21-23(34)15-17-28(29)42-3)26-20-22(14-16-27(26)43-33)32(39)37(25-12-8-5-9-13-25)19-18-35-24-10-6-4-7-11-24/h4-17,20-21,30-31,35-36,38H,18-19H2,1-3H3/t30-,31+/m1/s1. The van der Waals surface area contributed by atoms with E-state index in [1.165, 1.54) is 25.3 Å². The normalized spacial score (nSPS) is 17.2. The minimum atomic E-state index is -4.26. The Morgan fingerprint density at radius 1 is 1.00 bits per heavy atom. The first-order chi connectivity index (χ1) is 21.0. The van der Waals surface area contributed by atoms with Crippen LogP contribution in [0.4, 0.5) is 11.4 Å². The number of carbonyl (C=O) groups excluding carboxylic acids is 1. The third kappa shape index (κ3) is 6.68. The first kappa shape index (κ1) is 31.3. The maximum atomic E-state index is 14.0.